The van der Waals surface area contributed by atoms with Gasteiger partial charge in [-0.05, 0) is 18.6 Å². The first-order chi connectivity index (χ1) is 11.6. The average Bonchev–Trinajstić information content (AvgIpc) is 2.61. The third-order valence-electron chi connectivity index (χ3n) is 4.09. The molecule has 1 heterocycles. The van der Waals surface area contributed by atoms with Crippen LogP contribution in [0.5, 0.6) is 0 Å². The average molecular weight is 355 g/mol. The summed E-state index contributed by atoms with van der Waals surface area (Å²) in [5, 5.41) is 0.530. The number of esters is 1. The molecular formula is C17H23ClN2O4. The van der Waals surface area contributed by atoms with Gasteiger partial charge in [0.15, 0.2) is 0 Å². The van der Waals surface area contributed by atoms with Gasteiger partial charge in [-0.1, -0.05) is 29.8 Å². The SMILES string of the molecule is CCOCC(=O)N1CCN(C(C(=O)OC)c2ccccc2Cl)CC1. The van der Waals surface area contributed by atoms with Gasteiger partial charge in [-0.15, -0.1) is 0 Å². The summed E-state index contributed by atoms with van der Waals surface area (Å²) in [6.45, 7) is 4.71. The van der Waals surface area contributed by atoms with Gasteiger partial charge in [-0.25, -0.2) is 4.79 Å². The number of carbonyl (C=O) groups excluding carboxylic acids is 2. The Balaban J connectivity index is 2.07. The highest BCUT2D eigenvalue weighted by atomic mass is 35.5. The summed E-state index contributed by atoms with van der Waals surface area (Å²) in [5.74, 6) is -0.374. The Kier molecular flexibility index (Phi) is 7.02. The number of halogens is 1. The van der Waals surface area contributed by atoms with Crippen LogP contribution < -0.4 is 0 Å². The minimum absolute atomic E-state index is 0.0242. The van der Waals surface area contributed by atoms with Crippen LogP contribution in [0.25, 0.3) is 0 Å². The predicted octanol–water partition coefficient (Wildman–Crippen LogP) is 1.73. The maximum Gasteiger partial charge on any atom is 0.327 e. The van der Waals surface area contributed by atoms with E-state index in [0.29, 0.717) is 37.8 Å². The fourth-order valence-corrected chi connectivity index (χ4v) is 3.03. The fourth-order valence-electron chi connectivity index (χ4n) is 2.79. The molecule has 0 aliphatic carbocycles. The molecule has 0 N–H and O–H groups in total. The van der Waals surface area contributed by atoms with E-state index < -0.39 is 6.04 Å². The van der Waals surface area contributed by atoms with Crippen LogP contribution in [0.2, 0.25) is 5.02 Å². The summed E-state index contributed by atoms with van der Waals surface area (Å²) in [6, 6.07) is 6.70. The van der Waals surface area contributed by atoms with Gasteiger partial charge < -0.3 is 14.4 Å². The first-order valence-corrected chi connectivity index (χ1v) is 8.38. The number of benzene rings is 1. The Hall–Kier alpha value is -1.63. The smallest absolute Gasteiger partial charge is 0.327 e. The molecule has 6 nitrogen and oxygen atoms in total. The Bertz CT molecular complexity index is 573. The monoisotopic (exact) mass is 354 g/mol. The van der Waals surface area contributed by atoms with Crippen molar-refractivity contribution in [3.05, 3.63) is 34.9 Å². The highest BCUT2D eigenvalue weighted by Crippen LogP contribution is 2.29. The molecular weight excluding hydrogens is 332 g/mol. The van der Waals surface area contributed by atoms with Crippen LogP contribution >= 0.6 is 11.6 Å². The van der Waals surface area contributed by atoms with Crippen molar-refractivity contribution in [1.82, 2.24) is 9.80 Å². The van der Waals surface area contributed by atoms with Crippen molar-refractivity contribution in [2.24, 2.45) is 0 Å². The van der Waals surface area contributed by atoms with E-state index in [1.165, 1.54) is 7.11 Å². The molecule has 1 saturated heterocycles. The van der Waals surface area contributed by atoms with Gasteiger partial charge in [-0.2, -0.15) is 0 Å². The highest BCUT2D eigenvalue weighted by Gasteiger charge is 2.33. The Morgan fingerprint density at radius 3 is 2.46 bits per heavy atom. The third kappa shape index (κ3) is 4.47. The second kappa shape index (κ2) is 9.01. The standard InChI is InChI=1S/C17H23ClN2O4/c1-3-24-12-15(21)19-8-10-20(11-9-19)16(17(22)23-2)13-6-4-5-7-14(13)18/h4-7,16H,3,8-12H2,1-2H3. The maximum atomic E-state index is 12.3. The van der Waals surface area contributed by atoms with E-state index in [-0.39, 0.29) is 18.5 Å². The largest absolute Gasteiger partial charge is 0.468 e. The molecule has 1 fully saturated rings. The van der Waals surface area contributed by atoms with E-state index in [2.05, 4.69) is 0 Å². The van der Waals surface area contributed by atoms with Crippen molar-refractivity contribution in [2.45, 2.75) is 13.0 Å². The number of nitrogens with zero attached hydrogens (tertiary/aromatic N) is 2. The molecule has 1 aliphatic rings. The number of amides is 1. The molecule has 0 spiro atoms. The summed E-state index contributed by atoms with van der Waals surface area (Å²) in [4.78, 5) is 28.1. The van der Waals surface area contributed by atoms with Crippen LogP contribution in [0.15, 0.2) is 24.3 Å². The molecule has 0 aromatic heterocycles. The van der Waals surface area contributed by atoms with Crippen LogP contribution in [0.1, 0.15) is 18.5 Å². The van der Waals surface area contributed by atoms with Crippen LogP contribution in [0, 0.1) is 0 Å². The number of ether oxygens (including phenoxy) is 2. The third-order valence-corrected chi connectivity index (χ3v) is 4.43. The zero-order chi connectivity index (χ0) is 17.5. The van der Waals surface area contributed by atoms with E-state index in [1.54, 1.807) is 11.0 Å². The van der Waals surface area contributed by atoms with E-state index in [0.717, 1.165) is 5.56 Å². The van der Waals surface area contributed by atoms with Crippen LogP contribution in [0.4, 0.5) is 0 Å². The van der Waals surface area contributed by atoms with Crippen molar-refractivity contribution in [3.63, 3.8) is 0 Å². The zero-order valence-corrected chi connectivity index (χ0v) is 14.8. The molecule has 1 unspecified atom stereocenters. The van der Waals surface area contributed by atoms with Crippen molar-refractivity contribution >= 4 is 23.5 Å². The summed E-state index contributed by atoms with van der Waals surface area (Å²) in [7, 11) is 1.37. The lowest BCUT2D eigenvalue weighted by Gasteiger charge is -2.38. The summed E-state index contributed by atoms with van der Waals surface area (Å²) < 4.78 is 10.1. The van der Waals surface area contributed by atoms with E-state index in [4.69, 9.17) is 21.1 Å². The fraction of sp³-hybridized carbons (Fsp3) is 0.529. The topological polar surface area (TPSA) is 59.1 Å². The minimum Gasteiger partial charge on any atom is -0.468 e. The van der Waals surface area contributed by atoms with Crippen LogP contribution in [-0.4, -0.2) is 68.2 Å². The number of piperazine rings is 1. The maximum absolute atomic E-state index is 12.3. The molecule has 24 heavy (non-hydrogen) atoms. The lowest BCUT2D eigenvalue weighted by molar-refractivity contribution is -0.149. The Labute approximate surface area is 147 Å². The predicted molar refractivity (Wildman–Crippen MR) is 90.9 cm³/mol. The van der Waals surface area contributed by atoms with E-state index >= 15 is 0 Å². The van der Waals surface area contributed by atoms with Crippen LogP contribution in [-0.2, 0) is 19.1 Å². The van der Waals surface area contributed by atoms with Crippen molar-refractivity contribution in [3.8, 4) is 0 Å². The van der Waals surface area contributed by atoms with E-state index in [1.807, 2.05) is 30.0 Å². The lowest BCUT2D eigenvalue weighted by atomic mass is 10.0. The number of hydrogen-bond donors (Lipinski definition) is 0. The number of rotatable bonds is 6. The van der Waals surface area contributed by atoms with Gasteiger partial charge in [-0.3, -0.25) is 9.69 Å². The molecule has 7 heteroatoms. The Morgan fingerprint density at radius 2 is 1.88 bits per heavy atom. The second-order valence-corrected chi connectivity index (χ2v) is 5.91. The molecule has 1 aromatic carbocycles. The minimum atomic E-state index is -0.562. The summed E-state index contributed by atoms with van der Waals surface area (Å²) in [6.07, 6.45) is 0. The van der Waals surface area contributed by atoms with Gasteiger partial charge in [0.1, 0.15) is 12.6 Å². The molecule has 1 atom stereocenters. The molecule has 0 saturated carbocycles. The molecule has 2 rings (SSSR count). The van der Waals surface area contributed by atoms with Gasteiger partial charge in [0.05, 0.1) is 7.11 Å². The van der Waals surface area contributed by atoms with Crippen LogP contribution in [0.3, 0.4) is 0 Å². The second-order valence-electron chi connectivity index (χ2n) is 5.50. The molecule has 0 bridgehead atoms. The normalized spacial score (nSPS) is 16.7. The molecule has 0 radical (unpaired) electrons. The molecule has 1 aliphatic heterocycles. The van der Waals surface area contributed by atoms with Gasteiger partial charge in [0, 0.05) is 37.8 Å². The Morgan fingerprint density at radius 1 is 1.21 bits per heavy atom. The molecule has 1 aromatic rings. The van der Waals surface area contributed by atoms with Gasteiger partial charge in [0.2, 0.25) is 5.91 Å². The lowest BCUT2D eigenvalue weighted by Crippen LogP contribution is -2.52. The molecule has 132 valence electrons. The number of hydrogen-bond acceptors (Lipinski definition) is 5. The number of carbonyl (C=O) groups is 2. The van der Waals surface area contributed by atoms with Gasteiger partial charge >= 0.3 is 5.97 Å². The first kappa shape index (κ1) is 18.7. The first-order valence-electron chi connectivity index (χ1n) is 8.00. The van der Waals surface area contributed by atoms with Crippen molar-refractivity contribution in [2.75, 3.05) is 46.5 Å². The quantitative estimate of drug-likeness (QED) is 0.728. The van der Waals surface area contributed by atoms with E-state index in [9.17, 15) is 9.59 Å². The number of methoxy groups -OCH3 is 1. The summed E-state index contributed by atoms with van der Waals surface area (Å²) >= 11 is 6.26. The van der Waals surface area contributed by atoms with Gasteiger partial charge in [0.25, 0.3) is 0 Å². The zero-order valence-electron chi connectivity index (χ0n) is 14.0. The molecule has 1 amide bonds. The van der Waals surface area contributed by atoms with Crippen molar-refractivity contribution < 1.29 is 19.1 Å². The summed E-state index contributed by atoms with van der Waals surface area (Å²) in [5.41, 5.74) is 0.722. The van der Waals surface area contributed by atoms with Crippen molar-refractivity contribution in [1.29, 1.82) is 0 Å². The highest BCUT2D eigenvalue weighted by molar-refractivity contribution is 6.31.